The van der Waals surface area contributed by atoms with Gasteiger partial charge in [0.1, 0.15) is 0 Å². The van der Waals surface area contributed by atoms with Crippen LogP contribution in [0.3, 0.4) is 0 Å². The molecule has 0 bridgehead atoms. The summed E-state index contributed by atoms with van der Waals surface area (Å²) in [5.74, 6) is 0.351. The van der Waals surface area contributed by atoms with E-state index in [4.69, 9.17) is 0 Å². The zero-order valence-electron chi connectivity index (χ0n) is 8.26. The maximum atomic E-state index is 11.7. The van der Waals surface area contributed by atoms with Gasteiger partial charge < -0.3 is 4.90 Å². The van der Waals surface area contributed by atoms with E-state index < -0.39 is 0 Å². The Morgan fingerprint density at radius 1 is 1.62 bits per heavy atom. The van der Waals surface area contributed by atoms with Crippen LogP contribution >= 0.6 is 15.9 Å². The van der Waals surface area contributed by atoms with Crippen LogP contribution in [-0.2, 0) is 4.79 Å². The lowest BCUT2D eigenvalue weighted by Gasteiger charge is -2.22. The number of amides is 1. The van der Waals surface area contributed by atoms with Crippen molar-refractivity contribution in [3.8, 4) is 0 Å². The third kappa shape index (κ3) is 2.97. The van der Waals surface area contributed by atoms with Gasteiger partial charge in [-0.3, -0.25) is 4.79 Å². The van der Waals surface area contributed by atoms with E-state index in [9.17, 15) is 4.79 Å². The summed E-state index contributed by atoms with van der Waals surface area (Å²) in [5, 5.41) is 0.935. The van der Waals surface area contributed by atoms with Crippen molar-refractivity contribution in [1.82, 2.24) is 4.90 Å². The highest BCUT2D eigenvalue weighted by Crippen LogP contribution is 2.20. The van der Waals surface area contributed by atoms with Crippen LogP contribution in [0, 0.1) is 0 Å². The summed E-state index contributed by atoms with van der Waals surface area (Å²) < 4.78 is 0. The first-order valence-corrected chi connectivity index (χ1v) is 6.27. The van der Waals surface area contributed by atoms with Gasteiger partial charge in [0.05, 0.1) is 0 Å². The number of likely N-dealkylation sites (tertiary alicyclic amines) is 1. The van der Waals surface area contributed by atoms with E-state index >= 15 is 0 Å². The lowest BCUT2D eigenvalue weighted by molar-refractivity contribution is -0.131. The number of hydrogen-bond acceptors (Lipinski definition) is 1. The normalized spacial score (nSPS) is 22.3. The molecule has 0 aromatic rings. The van der Waals surface area contributed by atoms with Gasteiger partial charge in [0, 0.05) is 24.3 Å². The third-order valence-corrected chi connectivity index (χ3v) is 3.37. The minimum atomic E-state index is 0.351. The molecule has 1 atom stereocenters. The van der Waals surface area contributed by atoms with Gasteiger partial charge in [0.25, 0.3) is 0 Å². The van der Waals surface area contributed by atoms with Crippen LogP contribution in [0.1, 0.15) is 39.0 Å². The number of unbranched alkanes of at least 4 members (excludes halogenated alkanes) is 1. The van der Waals surface area contributed by atoms with Crippen molar-refractivity contribution in [3.63, 3.8) is 0 Å². The van der Waals surface area contributed by atoms with E-state index in [1.807, 2.05) is 4.90 Å². The van der Waals surface area contributed by atoms with Gasteiger partial charge in [0.15, 0.2) is 0 Å². The highest BCUT2D eigenvalue weighted by atomic mass is 79.9. The van der Waals surface area contributed by atoms with Crippen molar-refractivity contribution >= 4 is 21.8 Å². The maximum Gasteiger partial charge on any atom is 0.222 e. The largest absolute Gasteiger partial charge is 0.339 e. The summed E-state index contributed by atoms with van der Waals surface area (Å²) in [7, 11) is 0. The highest BCUT2D eigenvalue weighted by Gasteiger charge is 2.26. The quantitative estimate of drug-likeness (QED) is 0.700. The molecule has 2 nitrogen and oxygen atoms in total. The Morgan fingerprint density at radius 2 is 2.38 bits per heavy atom. The molecule has 0 radical (unpaired) electrons. The highest BCUT2D eigenvalue weighted by molar-refractivity contribution is 9.09. The molecule has 0 saturated carbocycles. The van der Waals surface area contributed by atoms with Crippen molar-refractivity contribution in [3.05, 3.63) is 0 Å². The number of carbonyl (C=O) groups excluding carboxylic acids is 1. The minimum Gasteiger partial charge on any atom is -0.339 e. The lowest BCUT2D eigenvalue weighted by Crippen LogP contribution is -2.36. The predicted molar refractivity (Wildman–Crippen MR) is 58.1 cm³/mol. The second-order valence-electron chi connectivity index (χ2n) is 3.64. The number of halogens is 1. The number of hydrogen-bond donors (Lipinski definition) is 0. The molecule has 0 aromatic heterocycles. The minimum absolute atomic E-state index is 0.351. The Labute approximate surface area is 88.8 Å². The van der Waals surface area contributed by atoms with E-state index in [2.05, 4.69) is 22.9 Å². The summed E-state index contributed by atoms with van der Waals surface area (Å²) in [4.78, 5) is 13.7. The van der Waals surface area contributed by atoms with Gasteiger partial charge in [-0.2, -0.15) is 0 Å². The Hall–Kier alpha value is -0.0500. The lowest BCUT2D eigenvalue weighted by atomic mass is 10.2. The summed E-state index contributed by atoms with van der Waals surface area (Å²) in [6.45, 7) is 3.10. The van der Waals surface area contributed by atoms with E-state index in [0.717, 1.165) is 31.1 Å². The first-order valence-electron chi connectivity index (χ1n) is 5.15. The topological polar surface area (TPSA) is 20.3 Å². The van der Waals surface area contributed by atoms with Gasteiger partial charge >= 0.3 is 0 Å². The average molecular weight is 248 g/mol. The van der Waals surface area contributed by atoms with E-state index in [-0.39, 0.29) is 0 Å². The predicted octanol–water partition coefficient (Wildman–Crippen LogP) is 2.56. The van der Waals surface area contributed by atoms with Crippen molar-refractivity contribution in [2.24, 2.45) is 0 Å². The Morgan fingerprint density at radius 3 is 3.00 bits per heavy atom. The Balaban J connectivity index is 2.36. The standard InChI is InChI=1S/C10H18BrNO/c1-2-3-6-10(13)12-7-4-5-9(12)8-11/h9H,2-8H2,1H3/t9-/m0/s1. The monoisotopic (exact) mass is 247 g/mol. The molecular formula is C10H18BrNO. The van der Waals surface area contributed by atoms with Crippen molar-refractivity contribution in [2.45, 2.75) is 45.1 Å². The van der Waals surface area contributed by atoms with Crippen LogP contribution in [-0.4, -0.2) is 28.7 Å². The number of carbonyl (C=O) groups is 1. The van der Waals surface area contributed by atoms with Crippen molar-refractivity contribution < 1.29 is 4.79 Å². The fourth-order valence-corrected chi connectivity index (χ4v) is 2.47. The second kappa shape index (κ2) is 5.63. The van der Waals surface area contributed by atoms with E-state index in [0.29, 0.717) is 11.9 Å². The van der Waals surface area contributed by atoms with E-state index in [1.54, 1.807) is 0 Å². The number of alkyl halides is 1. The molecule has 3 heteroatoms. The van der Waals surface area contributed by atoms with Gasteiger partial charge in [-0.1, -0.05) is 29.3 Å². The fraction of sp³-hybridized carbons (Fsp3) is 0.900. The molecular weight excluding hydrogens is 230 g/mol. The molecule has 1 saturated heterocycles. The van der Waals surface area contributed by atoms with E-state index in [1.165, 1.54) is 12.8 Å². The molecule has 1 rings (SSSR count). The molecule has 13 heavy (non-hydrogen) atoms. The van der Waals surface area contributed by atoms with Crippen LogP contribution in [0.4, 0.5) is 0 Å². The van der Waals surface area contributed by atoms with Crippen LogP contribution < -0.4 is 0 Å². The molecule has 0 N–H and O–H groups in total. The summed E-state index contributed by atoms with van der Waals surface area (Å²) >= 11 is 3.46. The fourth-order valence-electron chi connectivity index (χ4n) is 1.80. The Kier molecular flexibility index (Phi) is 4.78. The van der Waals surface area contributed by atoms with Gasteiger partial charge in [-0.15, -0.1) is 0 Å². The smallest absolute Gasteiger partial charge is 0.222 e. The van der Waals surface area contributed by atoms with Crippen LogP contribution in [0.5, 0.6) is 0 Å². The van der Waals surface area contributed by atoms with Crippen LogP contribution in [0.15, 0.2) is 0 Å². The molecule has 1 aliphatic rings. The summed E-state index contributed by atoms with van der Waals surface area (Å²) in [5.41, 5.74) is 0. The molecule has 76 valence electrons. The van der Waals surface area contributed by atoms with Gasteiger partial charge in [-0.25, -0.2) is 0 Å². The molecule has 1 fully saturated rings. The molecule has 1 amide bonds. The maximum absolute atomic E-state index is 11.7. The zero-order valence-corrected chi connectivity index (χ0v) is 9.85. The van der Waals surface area contributed by atoms with Crippen LogP contribution in [0.25, 0.3) is 0 Å². The third-order valence-electron chi connectivity index (χ3n) is 2.62. The van der Waals surface area contributed by atoms with Gasteiger partial charge in [-0.05, 0) is 19.3 Å². The summed E-state index contributed by atoms with van der Waals surface area (Å²) in [6.07, 6.45) is 5.22. The molecule has 0 unspecified atom stereocenters. The van der Waals surface area contributed by atoms with Crippen LogP contribution in [0.2, 0.25) is 0 Å². The second-order valence-corrected chi connectivity index (χ2v) is 4.29. The summed E-state index contributed by atoms with van der Waals surface area (Å²) in [6, 6.07) is 0.462. The molecule has 0 aliphatic carbocycles. The SMILES string of the molecule is CCCCC(=O)N1CCC[C@H]1CBr. The number of nitrogens with zero attached hydrogens (tertiary/aromatic N) is 1. The van der Waals surface area contributed by atoms with Gasteiger partial charge in [0.2, 0.25) is 5.91 Å². The van der Waals surface area contributed by atoms with Crippen molar-refractivity contribution in [2.75, 3.05) is 11.9 Å². The zero-order chi connectivity index (χ0) is 9.68. The molecule has 0 aromatic carbocycles. The average Bonchev–Trinajstić information content (AvgIpc) is 2.61. The molecule has 1 heterocycles. The van der Waals surface area contributed by atoms with Crippen molar-refractivity contribution in [1.29, 1.82) is 0 Å². The first-order chi connectivity index (χ1) is 6.29. The molecule has 1 aliphatic heterocycles. The molecule has 0 spiro atoms. The Bertz CT molecular complexity index is 172. The first kappa shape index (κ1) is 11.0. The number of rotatable bonds is 4.